The van der Waals surface area contributed by atoms with E-state index >= 15 is 0 Å². The first-order valence-electron chi connectivity index (χ1n) is 10.2. The van der Waals surface area contributed by atoms with Crippen molar-refractivity contribution in [2.24, 2.45) is 5.10 Å². The van der Waals surface area contributed by atoms with E-state index in [2.05, 4.69) is 30.5 Å². The molecule has 10 nitrogen and oxygen atoms in total. The van der Waals surface area contributed by atoms with Gasteiger partial charge < -0.3 is 9.80 Å². The van der Waals surface area contributed by atoms with Gasteiger partial charge in [0.2, 0.25) is 5.95 Å². The van der Waals surface area contributed by atoms with Crippen molar-refractivity contribution in [2.45, 2.75) is 12.5 Å². The van der Waals surface area contributed by atoms with Gasteiger partial charge in [0.15, 0.2) is 5.82 Å². The molecule has 2 amide bonds. The predicted octanol–water partition coefficient (Wildman–Crippen LogP) is 2.35. The zero-order valence-corrected chi connectivity index (χ0v) is 17.2. The molecule has 0 aliphatic carbocycles. The number of anilines is 1. The van der Waals surface area contributed by atoms with Gasteiger partial charge in [0, 0.05) is 44.9 Å². The van der Waals surface area contributed by atoms with Crippen molar-refractivity contribution in [3.05, 3.63) is 53.6 Å². The third-order valence-corrected chi connectivity index (χ3v) is 5.52. The standard InChI is InChI=1S/C20H18F3N9O/c21-13-7-12(8-14(22)9-13)17-1-2-26-32(17)20(33)31-5-3-30(4-6-31)19-24-10-15(23)18(27-19)16-11-25-29-28-16/h2,7-11,17H,1,3-6H2,(H,25,28,29)/t17-/m0/s1. The van der Waals surface area contributed by atoms with Crippen LogP contribution in [0.3, 0.4) is 0 Å². The van der Waals surface area contributed by atoms with E-state index in [1.165, 1.54) is 23.3 Å². The molecule has 0 radical (unpaired) electrons. The lowest BCUT2D eigenvalue weighted by Gasteiger charge is -2.37. The summed E-state index contributed by atoms with van der Waals surface area (Å²) in [4.78, 5) is 24.8. The molecule has 33 heavy (non-hydrogen) atoms. The number of carbonyl (C=O) groups excluding carboxylic acids is 1. The lowest BCUT2D eigenvalue weighted by molar-refractivity contribution is 0.139. The number of urea groups is 1. The molecular formula is C20H18F3N9O. The molecule has 170 valence electrons. The molecule has 1 atom stereocenters. The number of benzene rings is 1. The molecule has 0 saturated carbocycles. The van der Waals surface area contributed by atoms with Crippen LogP contribution in [0.1, 0.15) is 18.0 Å². The third kappa shape index (κ3) is 4.08. The number of rotatable bonds is 3. The number of nitrogens with one attached hydrogen (secondary N) is 1. The molecule has 2 aliphatic heterocycles. The number of H-pyrrole nitrogens is 1. The molecule has 4 heterocycles. The second kappa shape index (κ2) is 8.48. The fourth-order valence-corrected chi connectivity index (χ4v) is 3.89. The topological polar surface area (TPSA) is 106 Å². The van der Waals surface area contributed by atoms with E-state index in [1.54, 1.807) is 11.1 Å². The van der Waals surface area contributed by atoms with Crippen LogP contribution in [0.5, 0.6) is 0 Å². The van der Waals surface area contributed by atoms with Crippen LogP contribution in [0, 0.1) is 17.5 Å². The van der Waals surface area contributed by atoms with Crippen LogP contribution >= 0.6 is 0 Å². The van der Waals surface area contributed by atoms with Crippen LogP contribution in [0.2, 0.25) is 0 Å². The number of hydrogen-bond acceptors (Lipinski definition) is 7. The summed E-state index contributed by atoms with van der Waals surface area (Å²) >= 11 is 0. The predicted molar refractivity (Wildman–Crippen MR) is 111 cm³/mol. The summed E-state index contributed by atoms with van der Waals surface area (Å²) in [5.74, 6) is -1.72. The van der Waals surface area contributed by atoms with E-state index in [4.69, 9.17) is 0 Å². The molecule has 3 aromatic rings. The Bertz CT molecular complexity index is 1180. The smallest absolute Gasteiger partial charge is 0.337 e. The molecule has 2 aromatic heterocycles. The SMILES string of the molecule is O=C(N1CCN(c2ncc(F)c(-c3cn[nH]n3)n2)CC1)N1N=CC[C@H]1c1cc(F)cc(F)c1. The van der Waals surface area contributed by atoms with Crippen molar-refractivity contribution in [2.75, 3.05) is 31.1 Å². The van der Waals surface area contributed by atoms with Crippen molar-refractivity contribution in [1.29, 1.82) is 0 Å². The van der Waals surface area contributed by atoms with Gasteiger partial charge in [0.1, 0.15) is 23.0 Å². The van der Waals surface area contributed by atoms with E-state index in [0.29, 0.717) is 44.1 Å². The van der Waals surface area contributed by atoms with Crippen LogP contribution in [0.4, 0.5) is 23.9 Å². The molecule has 13 heteroatoms. The molecule has 0 spiro atoms. The Morgan fingerprint density at radius 3 is 2.48 bits per heavy atom. The fraction of sp³-hybridized carbons (Fsp3) is 0.300. The average molecular weight is 457 g/mol. The number of aromatic amines is 1. The van der Waals surface area contributed by atoms with E-state index in [9.17, 15) is 18.0 Å². The van der Waals surface area contributed by atoms with E-state index in [0.717, 1.165) is 12.3 Å². The molecule has 1 fully saturated rings. The van der Waals surface area contributed by atoms with Gasteiger partial charge in [-0.3, -0.25) is 0 Å². The van der Waals surface area contributed by atoms with Crippen LogP contribution in [-0.4, -0.2) is 73.7 Å². The Labute approximate surface area is 185 Å². The van der Waals surface area contributed by atoms with Crippen molar-refractivity contribution in [3.8, 4) is 11.4 Å². The molecule has 0 bridgehead atoms. The molecule has 1 saturated heterocycles. The number of piperazine rings is 1. The molecule has 2 aliphatic rings. The highest BCUT2D eigenvalue weighted by Crippen LogP contribution is 2.30. The summed E-state index contributed by atoms with van der Waals surface area (Å²) in [6, 6.07) is 2.27. The number of aromatic nitrogens is 5. The van der Waals surface area contributed by atoms with E-state index < -0.39 is 23.5 Å². The number of amides is 2. The Morgan fingerprint density at radius 1 is 1.03 bits per heavy atom. The van der Waals surface area contributed by atoms with Gasteiger partial charge in [-0.15, -0.1) is 0 Å². The van der Waals surface area contributed by atoms with Crippen LogP contribution < -0.4 is 4.90 Å². The highest BCUT2D eigenvalue weighted by Gasteiger charge is 2.34. The van der Waals surface area contributed by atoms with Crippen molar-refractivity contribution in [1.82, 2.24) is 35.3 Å². The summed E-state index contributed by atoms with van der Waals surface area (Å²) in [5, 5.41) is 15.3. The normalized spacial score (nSPS) is 18.3. The minimum atomic E-state index is -0.706. The molecule has 0 unspecified atom stereocenters. The maximum atomic E-state index is 14.1. The Kier molecular flexibility index (Phi) is 5.36. The van der Waals surface area contributed by atoms with Gasteiger partial charge in [-0.05, 0) is 17.7 Å². The Morgan fingerprint density at radius 2 is 1.79 bits per heavy atom. The number of nitrogens with zero attached hydrogens (tertiary/aromatic N) is 8. The first-order valence-corrected chi connectivity index (χ1v) is 10.2. The Balaban J connectivity index is 1.27. The van der Waals surface area contributed by atoms with Gasteiger partial charge in [-0.2, -0.15) is 20.5 Å². The maximum absolute atomic E-state index is 14.1. The lowest BCUT2D eigenvalue weighted by Crippen LogP contribution is -2.52. The molecule has 1 aromatic carbocycles. The molecule has 5 rings (SSSR count). The zero-order valence-electron chi connectivity index (χ0n) is 17.2. The van der Waals surface area contributed by atoms with Gasteiger partial charge >= 0.3 is 6.03 Å². The summed E-state index contributed by atoms with van der Waals surface area (Å²) in [6.45, 7) is 1.50. The van der Waals surface area contributed by atoms with Crippen LogP contribution in [-0.2, 0) is 0 Å². The maximum Gasteiger partial charge on any atom is 0.341 e. The second-order valence-corrected chi connectivity index (χ2v) is 7.58. The summed E-state index contributed by atoms with van der Waals surface area (Å²) in [7, 11) is 0. The number of halogens is 3. The van der Waals surface area contributed by atoms with Crippen molar-refractivity contribution >= 4 is 18.2 Å². The van der Waals surface area contributed by atoms with Crippen LogP contribution in [0.25, 0.3) is 11.4 Å². The highest BCUT2D eigenvalue weighted by atomic mass is 19.1. The van der Waals surface area contributed by atoms with Crippen molar-refractivity contribution < 1.29 is 18.0 Å². The third-order valence-electron chi connectivity index (χ3n) is 5.52. The van der Waals surface area contributed by atoms with E-state index in [-0.39, 0.29) is 17.4 Å². The quantitative estimate of drug-likeness (QED) is 0.647. The van der Waals surface area contributed by atoms with E-state index in [1.807, 2.05) is 4.90 Å². The largest absolute Gasteiger partial charge is 0.341 e. The lowest BCUT2D eigenvalue weighted by atomic mass is 10.0. The first kappa shape index (κ1) is 20.8. The van der Waals surface area contributed by atoms with Gasteiger partial charge in [-0.1, -0.05) is 0 Å². The van der Waals surface area contributed by atoms with Gasteiger partial charge in [0.05, 0.1) is 18.4 Å². The minimum absolute atomic E-state index is 0.0313. The van der Waals surface area contributed by atoms with Crippen LogP contribution in [0.15, 0.2) is 35.7 Å². The number of carbonyl (C=O) groups is 1. The van der Waals surface area contributed by atoms with Gasteiger partial charge in [-0.25, -0.2) is 32.9 Å². The minimum Gasteiger partial charge on any atom is -0.337 e. The zero-order chi connectivity index (χ0) is 22.9. The molecular weight excluding hydrogens is 439 g/mol. The summed E-state index contributed by atoms with van der Waals surface area (Å²) < 4.78 is 41.5. The Hall–Kier alpha value is -4.03. The summed E-state index contributed by atoms with van der Waals surface area (Å²) in [6.07, 6.45) is 4.36. The second-order valence-electron chi connectivity index (χ2n) is 7.58. The first-order chi connectivity index (χ1) is 16.0. The monoisotopic (exact) mass is 457 g/mol. The number of hydrazone groups is 1. The summed E-state index contributed by atoms with van der Waals surface area (Å²) in [5.41, 5.74) is 0.637. The van der Waals surface area contributed by atoms with Crippen molar-refractivity contribution in [3.63, 3.8) is 0 Å². The molecule has 1 N–H and O–H groups in total. The number of hydrogen-bond donors (Lipinski definition) is 1. The average Bonchev–Trinajstić information content (AvgIpc) is 3.51. The highest BCUT2D eigenvalue weighted by molar-refractivity contribution is 5.78. The fourth-order valence-electron chi connectivity index (χ4n) is 3.89. The van der Waals surface area contributed by atoms with Gasteiger partial charge in [0.25, 0.3) is 0 Å².